The summed E-state index contributed by atoms with van der Waals surface area (Å²) in [6, 6.07) is 0. The lowest BCUT2D eigenvalue weighted by Gasteiger charge is -2.27. The Morgan fingerprint density at radius 3 is 2.48 bits per heavy atom. The standard InChI is InChI=1S/C17H29N3O/c1-5-11-18-16-13(4)17(20-15(6-2)19-16)21-14-9-7-12(3)8-10-14/h12,14H,5-11H2,1-4H3,(H,18,19,20). The molecule has 0 bridgehead atoms. The fourth-order valence-electron chi connectivity index (χ4n) is 2.73. The lowest BCUT2D eigenvalue weighted by atomic mass is 9.89. The maximum absolute atomic E-state index is 6.21. The molecule has 0 unspecified atom stereocenters. The Morgan fingerprint density at radius 2 is 1.86 bits per heavy atom. The molecule has 0 radical (unpaired) electrons. The molecule has 1 aromatic rings. The average Bonchev–Trinajstić information content (AvgIpc) is 2.50. The molecule has 0 aliphatic heterocycles. The van der Waals surface area contributed by atoms with E-state index in [-0.39, 0.29) is 0 Å². The predicted octanol–water partition coefficient (Wildman–Crippen LogP) is 4.13. The number of hydrogen-bond acceptors (Lipinski definition) is 4. The van der Waals surface area contributed by atoms with Gasteiger partial charge in [-0.25, -0.2) is 4.98 Å². The van der Waals surface area contributed by atoms with Crippen molar-refractivity contribution in [1.29, 1.82) is 0 Å². The van der Waals surface area contributed by atoms with Gasteiger partial charge in [0.1, 0.15) is 17.7 Å². The van der Waals surface area contributed by atoms with Crippen LogP contribution < -0.4 is 10.1 Å². The number of hydrogen-bond donors (Lipinski definition) is 1. The lowest BCUT2D eigenvalue weighted by molar-refractivity contribution is 0.129. The molecule has 0 amide bonds. The van der Waals surface area contributed by atoms with Gasteiger partial charge in [-0.05, 0) is 44.9 Å². The Labute approximate surface area is 128 Å². The summed E-state index contributed by atoms with van der Waals surface area (Å²) in [5.74, 6) is 3.41. The van der Waals surface area contributed by atoms with Crippen LogP contribution >= 0.6 is 0 Å². The third-order valence-corrected chi connectivity index (χ3v) is 4.25. The molecule has 1 aromatic heterocycles. The molecule has 21 heavy (non-hydrogen) atoms. The third kappa shape index (κ3) is 4.32. The van der Waals surface area contributed by atoms with E-state index in [1.54, 1.807) is 0 Å². The zero-order valence-electron chi connectivity index (χ0n) is 13.9. The van der Waals surface area contributed by atoms with E-state index in [9.17, 15) is 0 Å². The molecule has 4 nitrogen and oxygen atoms in total. The fraction of sp³-hybridized carbons (Fsp3) is 0.765. The van der Waals surface area contributed by atoms with Gasteiger partial charge in [-0.2, -0.15) is 4.98 Å². The highest BCUT2D eigenvalue weighted by Crippen LogP contribution is 2.29. The van der Waals surface area contributed by atoms with Gasteiger partial charge in [-0.15, -0.1) is 0 Å². The van der Waals surface area contributed by atoms with E-state index in [0.29, 0.717) is 6.10 Å². The summed E-state index contributed by atoms with van der Waals surface area (Å²) in [5, 5.41) is 3.39. The van der Waals surface area contributed by atoms with E-state index in [2.05, 4.69) is 43.0 Å². The molecule has 0 aromatic carbocycles. The molecule has 1 saturated carbocycles. The van der Waals surface area contributed by atoms with Gasteiger partial charge in [0.15, 0.2) is 0 Å². The number of aromatic nitrogens is 2. The molecule has 2 rings (SSSR count). The molecular formula is C17H29N3O. The van der Waals surface area contributed by atoms with Crippen LogP contribution in [0.2, 0.25) is 0 Å². The summed E-state index contributed by atoms with van der Waals surface area (Å²) < 4.78 is 6.21. The van der Waals surface area contributed by atoms with Crippen LogP contribution in [-0.2, 0) is 6.42 Å². The number of aryl methyl sites for hydroxylation is 1. The number of ether oxygens (including phenoxy) is 1. The normalized spacial score (nSPS) is 22.1. The van der Waals surface area contributed by atoms with Crippen LogP contribution in [0.3, 0.4) is 0 Å². The summed E-state index contributed by atoms with van der Waals surface area (Å²) in [4.78, 5) is 9.19. The fourth-order valence-corrected chi connectivity index (χ4v) is 2.73. The van der Waals surface area contributed by atoms with Crippen molar-refractivity contribution in [3.63, 3.8) is 0 Å². The van der Waals surface area contributed by atoms with Crippen molar-refractivity contribution in [2.75, 3.05) is 11.9 Å². The highest BCUT2D eigenvalue weighted by Gasteiger charge is 2.21. The van der Waals surface area contributed by atoms with Crippen LogP contribution in [0.5, 0.6) is 5.88 Å². The Bertz CT molecular complexity index is 454. The molecule has 4 heteroatoms. The SMILES string of the molecule is CCCNc1nc(CC)nc(OC2CCC(C)CC2)c1C. The lowest BCUT2D eigenvalue weighted by Crippen LogP contribution is -2.24. The van der Waals surface area contributed by atoms with E-state index < -0.39 is 0 Å². The van der Waals surface area contributed by atoms with Crippen molar-refractivity contribution < 1.29 is 4.74 Å². The van der Waals surface area contributed by atoms with Crippen molar-refractivity contribution in [3.05, 3.63) is 11.4 Å². The Balaban J connectivity index is 2.13. The smallest absolute Gasteiger partial charge is 0.222 e. The van der Waals surface area contributed by atoms with Crippen molar-refractivity contribution in [3.8, 4) is 5.88 Å². The minimum Gasteiger partial charge on any atom is -0.474 e. The van der Waals surface area contributed by atoms with Crippen LogP contribution in [0.15, 0.2) is 0 Å². The van der Waals surface area contributed by atoms with Gasteiger partial charge in [-0.3, -0.25) is 0 Å². The highest BCUT2D eigenvalue weighted by atomic mass is 16.5. The molecular weight excluding hydrogens is 262 g/mol. The first-order valence-electron chi connectivity index (χ1n) is 8.42. The zero-order valence-corrected chi connectivity index (χ0v) is 13.9. The van der Waals surface area contributed by atoms with Gasteiger partial charge in [0.05, 0.1) is 5.56 Å². The summed E-state index contributed by atoms with van der Waals surface area (Å²) in [6.45, 7) is 9.55. The highest BCUT2D eigenvalue weighted by molar-refractivity contribution is 5.48. The molecule has 1 aliphatic carbocycles. The van der Waals surface area contributed by atoms with Crippen LogP contribution in [0.25, 0.3) is 0 Å². The summed E-state index contributed by atoms with van der Waals surface area (Å²) in [5.41, 5.74) is 1.04. The van der Waals surface area contributed by atoms with Crippen LogP contribution in [0.1, 0.15) is 64.3 Å². The van der Waals surface area contributed by atoms with Gasteiger partial charge in [-0.1, -0.05) is 20.8 Å². The van der Waals surface area contributed by atoms with E-state index in [1.807, 2.05) is 0 Å². The first kappa shape index (κ1) is 16.1. The molecule has 118 valence electrons. The predicted molar refractivity (Wildman–Crippen MR) is 87.0 cm³/mol. The summed E-state index contributed by atoms with van der Waals surface area (Å²) in [7, 11) is 0. The van der Waals surface area contributed by atoms with Gasteiger partial charge in [0.2, 0.25) is 5.88 Å². The maximum Gasteiger partial charge on any atom is 0.222 e. The van der Waals surface area contributed by atoms with E-state index >= 15 is 0 Å². The van der Waals surface area contributed by atoms with Crippen LogP contribution in [0, 0.1) is 12.8 Å². The van der Waals surface area contributed by atoms with Crippen molar-refractivity contribution >= 4 is 5.82 Å². The van der Waals surface area contributed by atoms with Crippen molar-refractivity contribution in [2.45, 2.75) is 72.3 Å². The second-order valence-electron chi connectivity index (χ2n) is 6.20. The molecule has 0 atom stereocenters. The van der Waals surface area contributed by atoms with Crippen LogP contribution in [-0.4, -0.2) is 22.6 Å². The minimum absolute atomic E-state index is 0.318. The molecule has 0 spiro atoms. The Hall–Kier alpha value is -1.32. The van der Waals surface area contributed by atoms with Gasteiger partial charge < -0.3 is 10.1 Å². The molecule has 1 fully saturated rings. The second-order valence-corrected chi connectivity index (χ2v) is 6.20. The van der Waals surface area contributed by atoms with Gasteiger partial charge in [0.25, 0.3) is 0 Å². The monoisotopic (exact) mass is 291 g/mol. The molecule has 1 N–H and O–H groups in total. The number of nitrogens with one attached hydrogen (secondary N) is 1. The topological polar surface area (TPSA) is 47.0 Å². The maximum atomic E-state index is 6.21. The largest absolute Gasteiger partial charge is 0.474 e. The quantitative estimate of drug-likeness (QED) is 0.856. The van der Waals surface area contributed by atoms with E-state index in [1.165, 1.54) is 12.8 Å². The summed E-state index contributed by atoms with van der Waals surface area (Å²) in [6.07, 6.45) is 7.04. The van der Waals surface area contributed by atoms with Gasteiger partial charge in [0, 0.05) is 13.0 Å². The summed E-state index contributed by atoms with van der Waals surface area (Å²) >= 11 is 0. The van der Waals surface area contributed by atoms with Crippen LogP contribution in [0.4, 0.5) is 5.82 Å². The second kappa shape index (κ2) is 7.62. The Morgan fingerprint density at radius 1 is 1.14 bits per heavy atom. The Kier molecular flexibility index (Phi) is 5.83. The average molecular weight is 291 g/mol. The van der Waals surface area contributed by atoms with E-state index in [4.69, 9.17) is 4.74 Å². The zero-order chi connectivity index (χ0) is 15.2. The third-order valence-electron chi connectivity index (χ3n) is 4.25. The molecule has 1 aliphatic rings. The first-order chi connectivity index (χ1) is 10.1. The number of rotatable bonds is 6. The number of nitrogens with zero attached hydrogens (tertiary/aromatic N) is 2. The number of anilines is 1. The molecule has 1 heterocycles. The molecule has 0 saturated heterocycles. The van der Waals surface area contributed by atoms with Crippen molar-refractivity contribution in [1.82, 2.24) is 9.97 Å². The van der Waals surface area contributed by atoms with E-state index in [0.717, 1.165) is 61.2 Å². The minimum atomic E-state index is 0.318. The van der Waals surface area contributed by atoms with Gasteiger partial charge >= 0.3 is 0 Å². The van der Waals surface area contributed by atoms with Crippen molar-refractivity contribution in [2.24, 2.45) is 5.92 Å². The first-order valence-corrected chi connectivity index (χ1v) is 8.42.